The van der Waals surface area contributed by atoms with Crippen molar-refractivity contribution in [3.63, 3.8) is 0 Å². The molecule has 1 aliphatic heterocycles. The van der Waals surface area contributed by atoms with Crippen molar-refractivity contribution in [1.82, 2.24) is 4.31 Å². The highest BCUT2D eigenvalue weighted by atomic mass is 32.2. The minimum Gasteiger partial charge on any atom is -0.379 e. The van der Waals surface area contributed by atoms with Gasteiger partial charge in [-0.2, -0.15) is 4.31 Å². The van der Waals surface area contributed by atoms with E-state index in [4.69, 9.17) is 5.14 Å². The normalized spacial score (nSPS) is 15.8. The highest BCUT2D eigenvalue weighted by molar-refractivity contribution is 7.89. The Kier molecular flexibility index (Phi) is 7.49. The Morgan fingerprint density at radius 3 is 2.09 bits per heavy atom. The highest BCUT2D eigenvalue weighted by Crippen LogP contribution is 2.27. The number of anilines is 1. The summed E-state index contributed by atoms with van der Waals surface area (Å²) < 4.78 is 50.1. The fourth-order valence-electron chi connectivity index (χ4n) is 3.59. The summed E-state index contributed by atoms with van der Waals surface area (Å²) >= 11 is 0. The molecule has 3 rings (SSSR count). The van der Waals surface area contributed by atoms with Gasteiger partial charge in [0.2, 0.25) is 20.0 Å². The molecular weight excluding hydrogens is 456 g/mol. The summed E-state index contributed by atoms with van der Waals surface area (Å²) in [7, 11) is -7.56. The van der Waals surface area contributed by atoms with Gasteiger partial charge in [-0.3, -0.25) is 10.1 Å². The van der Waals surface area contributed by atoms with Crippen molar-refractivity contribution in [2.24, 2.45) is 5.14 Å². The van der Waals surface area contributed by atoms with Gasteiger partial charge in [-0.15, -0.1) is 0 Å². The fourth-order valence-corrected chi connectivity index (χ4v) is 5.64. The average Bonchev–Trinajstić information content (AvgIpc) is 3.03. The van der Waals surface area contributed by atoms with Gasteiger partial charge in [-0.05, 0) is 49.1 Å². The SMILES string of the molecule is NS(=O)(=O)c1ccc(NCCc2ccc(S(=O)(=O)N3CCCCCC3)cc2)c([N+](=O)[O-])c1. The molecule has 0 saturated carbocycles. The number of rotatable bonds is 8. The van der Waals surface area contributed by atoms with Crippen LogP contribution in [0.1, 0.15) is 31.2 Å². The number of nitro groups is 1. The van der Waals surface area contributed by atoms with Gasteiger partial charge in [-0.25, -0.2) is 22.0 Å². The van der Waals surface area contributed by atoms with Crippen molar-refractivity contribution in [1.29, 1.82) is 0 Å². The van der Waals surface area contributed by atoms with E-state index in [-0.39, 0.29) is 15.5 Å². The predicted molar refractivity (Wildman–Crippen MR) is 120 cm³/mol. The molecule has 3 N–H and O–H groups in total. The molecule has 1 fully saturated rings. The average molecular weight is 483 g/mol. The number of sulfonamides is 2. The lowest BCUT2D eigenvalue weighted by Crippen LogP contribution is -2.31. The second-order valence-electron chi connectivity index (χ2n) is 7.62. The molecule has 0 bridgehead atoms. The largest absolute Gasteiger partial charge is 0.379 e. The Bertz CT molecular complexity index is 1170. The summed E-state index contributed by atoms with van der Waals surface area (Å²) in [6, 6.07) is 10.0. The maximum absolute atomic E-state index is 12.8. The second-order valence-corrected chi connectivity index (χ2v) is 11.1. The third-order valence-corrected chi connectivity index (χ3v) is 8.17. The van der Waals surface area contributed by atoms with Crippen molar-refractivity contribution in [3.8, 4) is 0 Å². The van der Waals surface area contributed by atoms with Crippen LogP contribution < -0.4 is 10.5 Å². The van der Waals surface area contributed by atoms with Crippen LogP contribution in [0.3, 0.4) is 0 Å². The van der Waals surface area contributed by atoms with E-state index in [0.29, 0.717) is 26.1 Å². The Morgan fingerprint density at radius 1 is 0.938 bits per heavy atom. The molecule has 0 unspecified atom stereocenters. The van der Waals surface area contributed by atoms with Crippen molar-refractivity contribution in [3.05, 3.63) is 58.1 Å². The van der Waals surface area contributed by atoms with E-state index in [1.807, 2.05) is 0 Å². The lowest BCUT2D eigenvalue weighted by molar-refractivity contribution is -0.384. The molecule has 0 aliphatic carbocycles. The molecule has 0 atom stereocenters. The topological polar surface area (TPSA) is 153 Å². The molecule has 2 aromatic carbocycles. The van der Waals surface area contributed by atoms with E-state index in [2.05, 4.69) is 5.32 Å². The monoisotopic (exact) mass is 482 g/mol. The number of nitrogens with two attached hydrogens (primary N) is 1. The molecule has 0 spiro atoms. The van der Waals surface area contributed by atoms with Gasteiger partial charge in [0.1, 0.15) is 5.69 Å². The van der Waals surface area contributed by atoms with Crippen LogP contribution in [0, 0.1) is 10.1 Å². The number of nitrogens with one attached hydrogen (secondary N) is 1. The molecular formula is C20H26N4O6S2. The maximum atomic E-state index is 12.8. The first-order chi connectivity index (χ1) is 15.1. The number of nitrogens with zero attached hydrogens (tertiary/aromatic N) is 2. The van der Waals surface area contributed by atoms with Gasteiger partial charge >= 0.3 is 0 Å². The first-order valence-corrected chi connectivity index (χ1v) is 13.2. The zero-order chi connectivity index (χ0) is 23.4. The molecule has 12 heteroatoms. The highest BCUT2D eigenvalue weighted by Gasteiger charge is 2.25. The van der Waals surface area contributed by atoms with E-state index >= 15 is 0 Å². The molecule has 0 radical (unpaired) electrons. The summed E-state index contributed by atoms with van der Waals surface area (Å²) in [6.45, 7) is 1.40. The summed E-state index contributed by atoms with van der Waals surface area (Å²) in [6.07, 6.45) is 4.31. The van der Waals surface area contributed by atoms with E-state index in [9.17, 15) is 26.9 Å². The number of nitro benzene ring substituents is 1. The van der Waals surface area contributed by atoms with Crippen molar-refractivity contribution in [2.45, 2.75) is 41.9 Å². The van der Waals surface area contributed by atoms with Gasteiger partial charge in [0, 0.05) is 25.7 Å². The summed E-state index contributed by atoms with van der Waals surface area (Å²) in [4.78, 5) is 10.5. The molecule has 1 saturated heterocycles. The molecule has 2 aromatic rings. The van der Waals surface area contributed by atoms with E-state index < -0.39 is 30.7 Å². The van der Waals surface area contributed by atoms with Gasteiger partial charge in [0.15, 0.2) is 0 Å². The standard InChI is InChI=1S/C20H26N4O6S2/c21-31(27,28)18-9-10-19(20(15-18)24(25)26)22-12-11-16-5-7-17(8-6-16)32(29,30)23-13-3-1-2-4-14-23/h5-10,15,22H,1-4,11-14H2,(H2,21,27,28). The molecule has 1 heterocycles. The van der Waals surface area contributed by atoms with Gasteiger partial charge in [-0.1, -0.05) is 25.0 Å². The van der Waals surface area contributed by atoms with Gasteiger partial charge < -0.3 is 5.32 Å². The molecule has 174 valence electrons. The second kappa shape index (κ2) is 9.94. The third-order valence-electron chi connectivity index (χ3n) is 5.35. The number of hydrogen-bond acceptors (Lipinski definition) is 7. The smallest absolute Gasteiger partial charge is 0.293 e. The van der Waals surface area contributed by atoms with E-state index in [1.165, 1.54) is 12.1 Å². The Labute approximate surface area is 187 Å². The van der Waals surface area contributed by atoms with Crippen molar-refractivity contribution < 1.29 is 21.8 Å². The predicted octanol–water partition coefficient (Wildman–Crippen LogP) is 2.46. The van der Waals surface area contributed by atoms with Crippen LogP contribution in [0.25, 0.3) is 0 Å². The summed E-state index contributed by atoms with van der Waals surface area (Å²) in [5.41, 5.74) is 0.634. The number of primary sulfonamides is 1. The van der Waals surface area contributed by atoms with Crippen molar-refractivity contribution >= 4 is 31.4 Å². The van der Waals surface area contributed by atoms with Crippen molar-refractivity contribution in [2.75, 3.05) is 25.0 Å². The van der Waals surface area contributed by atoms with E-state index in [1.54, 1.807) is 28.6 Å². The van der Waals surface area contributed by atoms with Crippen LogP contribution in [0.5, 0.6) is 0 Å². The Hall–Kier alpha value is -2.54. The maximum Gasteiger partial charge on any atom is 0.293 e. The van der Waals surface area contributed by atoms with Crippen LogP contribution >= 0.6 is 0 Å². The number of benzene rings is 2. The lowest BCUT2D eigenvalue weighted by atomic mass is 10.1. The summed E-state index contributed by atoms with van der Waals surface area (Å²) in [5, 5.41) is 19.2. The Balaban J connectivity index is 1.65. The molecule has 0 amide bonds. The third kappa shape index (κ3) is 5.82. The van der Waals surface area contributed by atoms with Crippen LogP contribution in [0.2, 0.25) is 0 Å². The first-order valence-electron chi connectivity index (χ1n) is 10.2. The Morgan fingerprint density at radius 2 is 1.53 bits per heavy atom. The molecule has 10 nitrogen and oxygen atoms in total. The summed E-state index contributed by atoms with van der Waals surface area (Å²) in [5.74, 6) is 0. The lowest BCUT2D eigenvalue weighted by Gasteiger charge is -2.20. The van der Waals surface area contributed by atoms with E-state index in [0.717, 1.165) is 37.3 Å². The quantitative estimate of drug-likeness (QED) is 0.433. The van der Waals surface area contributed by atoms with Crippen LogP contribution in [-0.4, -0.2) is 45.7 Å². The van der Waals surface area contributed by atoms with Crippen LogP contribution in [-0.2, 0) is 26.5 Å². The molecule has 0 aromatic heterocycles. The van der Waals surface area contributed by atoms with Gasteiger partial charge in [0.25, 0.3) is 5.69 Å². The molecule has 32 heavy (non-hydrogen) atoms. The fraction of sp³-hybridized carbons (Fsp3) is 0.400. The minimum atomic E-state index is -4.05. The zero-order valence-corrected chi connectivity index (χ0v) is 19.1. The van der Waals surface area contributed by atoms with Crippen LogP contribution in [0.4, 0.5) is 11.4 Å². The minimum absolute atomic E-state index is 0.169. The molecule has 1 aliphatic rings. The number of hydrogen-bond donors (Lipinski definition) is 2. The van der Waals surface area contributed by atoms with Crippen LogP contribution in [0.15, 0.2) is 52.3 Å². The zero-order valence-electron chi connectivity index (χ0n) is 17.4. The first kappa shape index (κ1) is 24.1. The van der Waals surface area contributed by atoms with Gasteiger partial charge in [0.05, 0.1) is 14.7 Å².